The van der Waals surface area contributed by atoms with E-state index in [4.69, 9.17) is 4.74 Å². The monoisotopic (exact) mass is 268 g/mol. The number of aromatic hydroxyl groups is 1. The van der Waals surface area contributed by atoms with E-state index in [1.807, 2.05) is 13.8 Å². The van der Waals surface area contributed by atoms with E-state index in [9.17, 15) is 20.0 Å². The Balaban J connectivity index is 3.33. The predicted octanol–water partition coefficient (Wildman–Crippen LogP) is 1.79. The van der Waals surface area contributed by atoms with Crippen LogP contribution in [0.4, 0.5) is 5.69 Å². The smallest absolute Gasteiger partial charge is 0.315 e. The van der Waals surface area contributed by atoms with Crippen LogP contribution in [0.2, 0.25) is 0 Å². The highest BCUT2D eigenvalue weighted by atomic mass is 16.6. The first-order valence-corrected chi connectivity index (χ1v) is 5.80. The maximum Gasteiger partial charge on any atom is 0.315 e. The lowest BCUT2D eigenvalue weighted by atomic mass is 10.1. The van der Waals surface area contributed by atoms with Crippen LogP contribution < -0.4 is 4.74 Å². The summed E-state index contributed by atoms with van der Waals surface area (Å²) in [5.41, 5.74) is -0.431. The van der Waals surface area contributed by atoms with E-state index in [2.05, 4.69) is 0 Å². The fourth-order valence-electron chi connectivity index (χ4n) is 1.70. The van der Waals surface area contributed by atoms with Gasteiger partial charge in [-0.25, -0.2) is 0 Å². The van der Waals surface area contributed by atoms with Crippen molar-refractivity contribution in [1.29, 1.82) is 0 Å². The SMILES string of the molecule is CCN(CC)C(=O)c1cc(OC)c(O)c([N+](=O)[O-])c1. The number of phenolic OH excluding ortho intramolecular Hbond substituents is 1. The van der Waals surface area contributed by atoms with Gasteiger partial charge in [0.25, 0.3) is 5.91 Å². The second-order valence-corrected chi connectivity index (χ2v) is 3.78. The fraction of sp³-hybridized carbons (Fsp3) is 0.417. The van der Waals surface area contributed by atoms with E-state index in [-0.39, 0.29) is 17.2 Å². The number of hydrogen-bond donors (Lipinski definition) is 1. The third kappa shape index (κ3) is 2.93. The van der Waals surface area contributed by atoms with E-state index in [0.29, 0.717) is 13.1 Å². The maximum absolute atomic E-state index is 12.1. The first-order valence-electron chi connectivity index (χ1n) is 5.80. The molecule has 0 saturated carbocycles. The molecule has 0 fully saturated rings. The van der Waals surface area contributed by atoms with Gasteiger partial charge in [0.15, 0.2) is 5.75 Å². The topological polar surface area (TPSA) is 92.9 Å². The molecule has 0 atom stereocenters. The number of carbonyl (C=O) groups is 1. The quantitative estimate of drug-likeness (QED) is 0.649. The molecule has 1 rings (SSSR count). The number of benzene rings is 1. The summed E-state index contributed by atoms with van der Waals surface area (Å²) in [6.45, 7) is 4.61. The van der Waals surface area contributed by atoms with E-state index >= 15 is 0 Å². The van der Waals surface area contributed by atoms with Crippen LogP contribution >= 0.6 is 0 Å². The number of rotatable bonds is 5. The van der Waals surface area contributed by atoms with Crippen LogP contribution in [0.15, 0.2) is 12.1 Å². The molecule has 19 heavy (non-hydrogen) atoms. The van der Waals surface area contributed by atoms with Crippen LogP contribution in [0, 0.1) is 10.1 Å². The zero-order valence-electron chi connectivity index (χ0n) is 11.0. The van der Waals surface area contributed by atoms with Gasteiger partial charge in [-0.1, -0.05) is 0 Å². The Kier molecular flexibility index (Phi) is 4.68. The molecule has 0 aromatic heterocycles. The van der Waals surface area contributed by atoms with E-state index in [1.165, 1.54) is 18.1 Å². The lowest BCUT2D eigenvalue weighted by Crippen LogP contribution is -2.30. The van der Waals surface area contributed by atoms with Crippen molar-refractivity contribution in [2.24, 2.45) is 0 Å². The van der Waals surface area contributed by atoms with Crippen molar-refractivity contribution in [2.75, 3.05) is 20.2 Å². The summed E-state index contributed by atoms with van der Waals surface area (Å²) in [7, 11) is 1.27. The standard InChI is InChI=1S/C12H16N2O5/c1-4-13(5-2)12(16)8-6-9(14(17)18)11(15)10(7-8)19-3/h6-7,15H,4-5H2,1-3H3. The predicted molar refractivity (Wildman–Crippen MR) is 68.6 cm³/mol. The third-order valence-corrected chi connectivity index (χ3v) is 2.77. The van der Waals surface area contributed by atoms with Crippen LogP contribution in [0.3, 0.4) is 0 Å². The molecule has 0 spiro atoms. The van der Waals surface area contributed by atoms with Crippen molar-refractivity contribution in [3.8, 4) is 11.5 Å². The number of nitro groups is 1. The average molecular weight is 268 g/mol. The highest BCUT2D eigenvalue weighted by Gasteiger charge is 2.24. The van der Waals surface area contributed by atoms with Crippen LogP contribution in [0.1, 0.15) is 24.2 Å². The number of ether oxygens (including phenoxy) is 1. The number of nitrogens with zero attached hydrogens (tertiary/aromatic N) is 2. The summed E-state index contributed by atoms with van der Waals surface area (Å²) in [5.74, 6) is -1.01. The molecule has 1 N–H and O–H groups in total. The minimum absolute atomic E-state index is 0.0929. The molecular weight excluding hydrogens is 252 g/mol. The summed E-state index contributed by atoms with van der Waals surface area (Å²) in [5, 5.41) is 20.5. The molecular formula is C12H16N2O5. The number of hydrogen-bond acceptors (Lipinski definition) is 5. The molecule has 1 aromatic carbocycles. The minimum Gasteiger partial charge on any atom is -0.500 e. The molecule has 0 aliphatic carbocycles. The van der Waals surface area contributed by atoms with Crippen molar-refractivity contribution in [1.82, 2.24) is 4.90 Å². The molecule has 104 valence electrons. The summed E-state index contributed by atoms with van der Waals surface area (Å²) < 4.78 is 4.85. The van der Waals surface area contributed by atoms with Crippen LogP contribution in [0.5, 0.6) is 11.5 Å². The van der Waals surface area contributed by atoms with Gasteiger partial charge in [-0.15, -0.1) is 0 Å². The minimum atomic E-state index is -0.753. The van der Waals surface area contributed by atoms with Crippen molar-refractivity contribution >= 4 is 11.6 Å². The molecule has 0 bridgehead atoms. The summed E-state index contributed by atoms with van der Waals surface area (Å²) in [4.78, 5) is 23.7. The summed E-state index contributed by atoms with van der Waals surface area (Å²) >= 11 is 0. The van der Waals surface area contributed by atoms with Crippen molar-refractivity contribution < 1.29 is 19.6 Å². The van der Waals surface area contributed by atoms with Gasteiger partial charge >= 0.3 is 5.69 Å². The van der Waals surface area contributed by atoms with E-state index in [1.54, 1.807) is 0 Å². The number of amides is 1. The molecule has 0 aliphatic rings. The summed E-state index contributed by atoms with van der Waals surface area (Å²) in [6, 6.07) is 2.35. The highest BCUT2D eigenvalue weighted by molar-refractivity contribution is 5.96. The van der Waals surface area contributed by atoms with Gasteiger partial charge in [-0.2, -0.15) is 0 Å². The molecule has 0 aliphatic heterocycles. The van der Waals surface area contributed by atoms with Gasteiger partial charge in [-0.3, -0.25) is 14.9 Å². The van der Waals surface area contributed by atoms with Crippen LogP contribution in [0.25, 0.3) is 0 Å². The Hall–Kier alpha value is -2.31. The fourth-order valence-corrected chi connectivity index (χ4v) is 1.70. The summed E-state index contributed by atoms with van der Waals surface area (Å²) in [6.07, 6.45) is 0. The van der Waals surface area contributed by atoms with Crippen molar-refractivity contribution in [2.45, 2.75) is 13.8 Å². The number of phenols is 1. The molecule has 0 radical (unpaired) electrons. The number of methoxy groups -OCH3 is 1. The zero-order valence-corrected chi connectivity index (χ0v) is 11.0. The van der Waals surface area contributed by atoms with Gasteiger partial charge < -0.3 is 14.7 Å². The van der Waals surface area contributed by atoms with Crippen LogP contribution in [-0.4, -0.2) is 41.0 Å². The normalized spacial score (nSPS) is 10.1. The van der Waals surface area contributed by atoms with Crippen LogP contribution in [-0.2, 0) is 0 Å². The Morgan fingerprint density at radius 1 is 1.42 bits per heavy atom. The molecule has 0 unspecified atom stereocenters. The van der Waals surface area contributed by atoms with Gasteiger partial charge in [0.2, 0.25) is 5.75 Å². The van der Waals surface area contributed by atoms with Gasteiger partial charge in [-0.05, 0) is 19.9 Å². The first-order chi connectivity index (χ1) is 8.96. The highest BCUT2D eigenvalue weighted by Crippen LogP contribution is 2.37. The number of nitro benzene ring substituents is 1. The Morgan fingerprint density at radius 3 is 2.42 bits per heavy atom. The molecule has 1 aromatic rings. The first kappa shape index (κ1) is 14.7. The van der Waals surface area contributed by atoms with Crippen molar-refractivity contribution in [3.05, 3.63) is 27.8 Å². The van der Waals surface area contributed by atoms with Gasteiger partial charge in [0.1, 0.15) is 0 Å². The molecule has 7 heteroatoms. The van der Waals surface area contributed by atoms with Gasteiger partial charge in [0, 0.05) is 19.2 Å². The van der Waals surface area contributed by atoms with Crippen molar-refractivity contribution in [3.63, 3.8) is 0 Å². The molecule has 0 saturated heterocycles. The largest absolute Gasteiger partial charge is 0.500 e. The second kappa shape index (κ2) is 6.03. The lowest BCUT2D eigenvalue weighted by Gasteiger charge is -2.19. The Labute approximate surface area is 110 Å². The maximum atomic E-state index is 12.1. The number of carbonyl (C=O) groups excluding carboxylic acids is 1. The second-order valence-electron chi connectivity index (χ2n) is 3.78. The lowest BCUT2D eigenvalue weighted by molar-refractivity contribution is -0.386. The molecule has 7 nitrogen and oxygen atoms in total. The zero-order chi connectivity index (χ0) is 14.6. The van der Waals surface area contributed by atoms with E-state index in [0.717, 1.165) is 6.07 Å². The Bertz CT molecular complexity index is 497. The third-order valence-electron chi connectivity index (χ3n) is 2.77. The molecule has 0 heterocycles. The van der Waals surface area contributed by atoms with E-state index < -0.39 is 16.4 Å². The molecule has 1 amide bonds. The van der Waals surface area contributed by atoms with Gasteiger partial charge in [0.05, 0.1) is 17.6 Å². The average Bonchev–Trinajstić information content (AvgIpc) is 2.39. The Morgan fingerprint density at radius 2 is 2.00 bits per heavy atom.